The minimum atomic E-state index is 0.121. The molecule has 0 saturated carbocycles. The van der Waals surface area contributed by atoms with Gasteiger partial charge in [-0.2, -0.15) is 5.10 Å². The first-order chi connectivity index (χ1) is 4.85. The number of nitrogens with zero attached hydrogens (tertiary/aromatic N) is 1. The van der Waals surface area contributed by atoms with Gasteiger partial charge in [0.25, 0.3) is 0 Å². The highest BCUT2D eigenvalue weighted by atomic mass is 32.2. The van der Waals surface area contributed by atoms with Crippen LogP contribution in [0.3, 0.4) is 0 Å². The van der Waals surface area contributed by atoms with Crippen LogP contribution in [0.15, 0.2) is 5.10 Å². The van der Waals surface area contributed by atoms with Crippen LogP contribution in [0.2, 0.25) is 0 Å². The van der Waals surface area contributed by atoms with Gasteiger partial charge in [0, 0.05) is 6.21 Å². The van der Waals surface area contributed by atoms with Crippen molar-refractivity contribution in [2.75, 3.05) is 13.3 Å². The molecule has 0 spiro atoms. The van der Waals surface area contributed by atoms with E-state index in [9.17, 15) is 0 Å². The lowest BCUT2D eigenvalue weighted by molar-refractivity contribution is 0.619. The van der Waals surface area contributed by atoms with Crippen molar-refractivity contribution in [3.63, 3.8) is 0 Å². The third kappa shape index (κ3) is 4.34. The SMILES string of the molecule is CNC(N/N=C/C=N)SC. The maximum atomic E-state index is 6.62. The number of hydrogen-bond acceptors (Lipinski definition) is 5. The third-order valence-electron chi connectivity index (χ3n) is 0.839. The van der Waals surface area contributed by atoms with Gasteiger partial charge >= 0.3 is 0 Å². The van der Waals surface area contributed by atoms with Crippen molar-refractivity contribution in [1.29, 1.82) is 5.41 Å². The number of rotatable bonds is 5. The van der Waals surface area contributed by atoms with Gasteiger partial charge in [0.15, 0.2) is 0 Å². The van der Waals surface area contributed by atoms with E-state index < -0.39 is 0 Å². The van der Waals surface area contributed by atoms with Gasteiger partial charge in [-0.25, -0.2) is 0 Å². The summed E-state index contributed by atoms with van der Waals surface area (Å²) in [5.41, 5.74) is 2.91. The molecule has 0 aliphatic heterocycles. The molecule has 10 heavy (non-hydrogen) atoms. The lowest BCUT2D eigenvalue weighted by Crippen LogP contribution is -2.33. The van der Waals surface area contributed by atoms with Crippen LogP contribution < -0.4 is 10.7 Å². The van der Waals surface area contributed by atoms with Gasteiger partial charge in [0.05, 0.1) is 6.21 Å². The molecule has 0 aromatic carbocycles. The minimum absolute atomic E-state index is 0.121. The summed E-state index contributed by atoms with van der Waals surface area (Å²) in [4.78, 5) is 0. The van der Waals surface area contributed by atoms with E-state index in [-0.39, 0.29) is 5.50 Å². The first-order valence-electron chi connectivity index (χ1n) is 2.83. The number of nitrogens with one attached hydrogen (secondary N) is 3. The Hall–Kier alpha value is -0.550. The Balaban J connectivity index is 3.43. The van der Waals surface area contributed by atoms with Crippen LogP contribution in [0.25, 0.3) is 0 Å². The molecular weight excluding hydrogens is 148 g/mol. The van der Waals surface area contributed by atoms with Crippen LogP contribution in [-0.2, 0) is 0 Å². The fourth-order valence-electron chi connectivity index (χ4n) is 0.383. The molecular formula is C5H12N4S. The highest BCUT2D eigenvalue weighted by Crippen LogP contribution is 1.95. The molecule has 1 unspecified atom stereocenters. The van der Waals surface area contributed by atoms with Crippen LogP contribution in [0, 0.1) is 5.41 Å². The van der Waals surface area contributed by atoms with Crippen molar-refractivity contribution in [3.8, 4) is 0 Å². The van der Waals surface area contributed by atoms with Crippen molar-refractivity contribution in [2.24, 2.45) is 5.10 Å². The predicted molar refractivity (Wildman–Crippen MR) is 46.8 cm³/mol. The minimum Gasteiger partial charge on any atom is -0.307 e. The lowest BCUT2D eigenvalue weighted by atomic mass is 10.8. The molecule has 0 rings (SSSR count). The standard InChI is InChI=1S/C5H12N4S/c1-7-5(10-2)9-8-4-3-6/h3-7,9H,1-2H3/b6-3?,8-4+. The summed E-state index contributed by atoms with van der Waals surface area (Å²) < 4.78 is 0. The van der Waals surface area contributed by atoms with Gasteiger partial charge in [0.1, 0.15) is 5.50 Å². The quantitative estimate of drug-likeness (QED) is 0.303. The second-order valence-electron chi connectivity index (χ2n) is 1.48. The second-order valence-corrected chi connectivity index (χ2v) is 2.42. The van der Waals surface area contributed by atoms with Crippen molar-refractivity contribution in [2.45, 2.75) is 5.50 Å². The van der Waals surface area contributed by atoms with Crippen molar-refractivity contribution in [3.05, 3.63) is 0 Å². The monoisotopic (exact) mass is 160 g/mol. The summed E-state index contributed by atoms with van der Waals surface area (Å²) in [6, 6.07) is 0. The van der Waals surface area contributed by atoms with E-state index >= 15 is 0 Å². The van der Waals surface area contributed by atoms with Crippen molar-refractivity contribution < 1.29 is 0 Å². The van der Waals surface area contributed by atoms with Gasteiger partial charge in [0.2, 0.25) is 0 Å². The van der Waals surface area contributed by atoms with E-state index in [1.54, 1.807) is 11.8 Å². The van der Waals surface area contributed by atoms with E-state index in [0.717, 1.165) is 6.21 Å². The summed E-state index contributed by atoms with van der Waals surface area (Å²) in [7, 11) is 1.84. The lowest BCUT2D eigenvalue weighted by Gasteiger charge is -2.10. The van der Waals surface area contributed by atoms with Gasteiger partial charge in [-0.1, -0.05) is 0 Å². The highest BCUT2D eigenvalue weighted by Gasteiger charge is 1.96. The van der Waals surface area contributed by atoms with Crippen LogP contribution in [-0.4, -0.2) is 31.2 Å². The van der Waals surface area contributed by atoms with E-state index in [0.29, 0.717) is 0 Å². The zero-order valence-electron chi connectivity index (χ0n) is 6.09. The van der Waals surface area contributed by atoms with Gasteiger partial charge in [-0.3, -0.25) is 10.7 Å². The average Bonchev–Trinajstić information content (AvgIpc) is 1.99. The molecule has 5 heteroatoms. The Morgan fingerprint density at radius 3 is 2.80 bits per heavy atom. The molecule has 0 saturated heterocycles. The van der Waals surface area contributed by atoms with Crippen LogP contribution in [0.1, 0.15) is 0 Å². The molecule has 4 nitrogen and oxygen atoms in total. The Morgan fingerprint density at radius 2 is 2.40 bits per heavy atom. The van der Waals surface area contributed by atoms with Gasteiger partial charge < -0.3 is 5.41 Å². The first kappa shape index (κ1) is 9.45. The van der Waals surface area contributed by atoms with Crippen LogP contribution in [0.5, 0.6) is 0 Å². The fourth-order valence-corrected chi connectivity index (χ4v) is 0.785. The summed E-state index contributed by atoms with van der Waals surface area (Å²) in [5, 5.41) is 13.3. The summed E-state index contributed by atoms with van der Waals surface area (Å²) >= 11 is 1.61. The van der Waals surface area contributed by atoms with Crippen molar-refractivity contribution >= 4 is 24.2 Å². The molecule has 0 fully saturated rings. The number of thioether (sulfide) groups is 1. The number of hydrazone groups is 1. The van der Waals surface area contributed by atoms with Crippen molar-refractivity contribution in [1.82, 2.24) is 10.7 Å². The molecule has 0 aliphatic rings. The zero-order chi connectivity index (χ0) is 7.82. The molecule has 0 aliphatic carbocycles. The first-order valence-corrected chi connectivity index (χ1v) is 4.11. The van der Waals surface area contributed by atoms with Crippen LogP contribution in [0.4, 0.5) is 0 Å². The third-order valence-corrected chi connectivity index (χ3v) is 1.65. The maximum Gasteiger partial charge on any atom is 0.140 e. The van der Waals surface area contributed by atoms with Gasteiger partial charge in [-0.05, 0) is 13.3 Å². The van der Waals surface area contributed by atoms with E-state index in [2.05, 4.69) is 15.8 Å². The molecule has 0 heterocycles. The normalized spacial score (nSPS) is 13.4. The molecule has 0 bridgehead atoms. The van der Waals surface area contributed by atoms with E-state index in [1.165, 1.54) is 6.21 Å². The highest BCUT2D eigenvalue weighted by molar-refractivity contribution is 7.99. The molecule has 0 radical (unpaired) electrons. The Morgan fingerprint density at radius 1 is 1.70 bits per heavy atom. The zero-order valence-corrected chi connectivity index (χ0v) is 6.90. The van der Waals surface area contributed by atoms with Gasteiger partial charge in [-0.15, -0.1) is 11.8 Å². The molecule has 1 atom stereocenters. The summed E-state index contributed by atoms with van der Waals surface area (Å²) in [5.74, 6) is 0. The van der Waals surface area contributed by atoms with Crippen LogP contribution >= 0.6 is 11.8 Å². The maximum absolute atomic E-state index is 6.62. The summed E-state index contributed by atoms with van der Waals surface area (Å²) in [6.07, 6.45) is 4.48. The van der Waals surface area contributed by atoms with E-state index in [1.807, 2.05) is 13.3 Å². The Kier molecular flexibility index (Phi) is 6.21. The second kappa shape index (κ2) is 6.57. The largest absolute Gasteiger partial charge is 0.307 e. The molecule has 0 aromatic rings. The predicted octanol–water partition coefficient (Wildman–Crippen LogP) is 0.0774. The number of hydrogen-bond donors (Lipinski definition) is 3. The smallest absolute Gasteiger partial charge is 0.140 e. The Labute approximate surface area is 65.0 Å². The molecule has 3 N–H and O–H groups in total. The fraction of sp³-hybridized carbons (Fsp3) is 0.600. The van der Waals surface area contributed by atoms with E-state index in [4.69, 9.17) is 5.41 Å². The Bertz CT molecular complexity index is 110. The average molecular weight is 160 g/mol. The summed E-state index contributed by atoms with van der Waals surface area (Å²) in [6.45, 7) is 0. The molecule has 0 aromatic heterocycles. The topological polar surface area (TPSA) is 60.3 Å². The molecule has 58 valence electrons. The molecule has 0 amide bonds.